The van der Waals surface area contributed by atoms with Crippen LogP contribution in [0, 0.1) is 0 Å². The van der Waals surface area contributed by atoms with Gasteiger partial charge in [0.1, 0.15) is 17.6 Å². The number of amides is 3. The monoisotopic (exact) mass is 662 g/mol. The molecule has 0 saturated carbocycles. The van der Waals surface area contributed by atoms with Crippen LogP contribution >= 0.6 is 0 Å². The Morgan fingerprint density at radius 1 is 1.04 bits per heavy atom. The van der Waals surface area contributed by atoms with Crippen LogP contribution in [0.4, 0.5) is 23.8 Å². The van der Waals surface area contributed by atoms with Gasteiger partial charge in [-0.15, -0.1) is 0 Å². The lowest BCUT2D eigenvalue weighted by atomic mass is 10.1. The minimum Gasteiger partial charge on any atom is -0.481 e. The molecule has 0 radical (unpaired) electrons. The summed E-state index contributed by atoms with van der Waals surface area (Å²) in [4.78, 5) is 63.4. The zero-order valence-corrected chi connectivity index (χ0v) is 25.3. The van der Waals surface area contributed by atoms with Crippen LogP contribution in [0.3, 0.4) is 0 Å². The van der Waals surface area contributed by atoms with E-state index in [0.29, 0.717) is 11.6 Å². The number of nitrogens with zero attached hydrogens (tertiary/aromatic N) is 5. The largest absolute Gasteiger partial charge is 0.522 e. The van der Waals surface area contributed by atoms with E-state index in [1.807, 2.05) is 30.3 Å². The number of piperazine rings is 1. The summed E-state index contributed by atoms with van der Waals surface area (Å²) in [6.07, 6.45) is -0.837. The summed E-state index contributed by atoms with van der Waals surface area (Å²) < 4.78 is 62.5. The highest BCUT2D eigenvalue weighted by Crippen LogP contribution is 2.21. The molecule has 1 atom stereocenters. The van der Waals surface area contributed by atoms with Gasteiger partial charge in [0, 0.05) is 58.3 Å². The second-order valence-corrected chi connectivity index (χ2v) is 11.0. The van der Waals surface area contributed by atoms with E-state index in [2.05, 4.69) is 15.3 Å². The number of aliphatic carboxylic acids is 1. The number of hydrogen-bond acceptors (Lipinski definition) is 10. The summed E-state index contributed by atoms with van der Waals surface area (Å²) in [5.41, 5.74) is -4.76. The molecule has 1 aliphatic heterocycles. The fourth-order valence-corrected chi connectivity index (χ4v) is 3.80. The smallest absolute Gasteiger partial charge is 0.481 e. The number of benzene rings is 1. The van der Waals surface area contributed by atoms with Crippen LogP contribution in [-0.2, 0) is 24.4 Å². The molecule has 1 unspecified atom stereocenters. The third-order valence-corrected chi connectivity index (χ3v) is 6.68. The molecule has 1 aromatic carbocycles. The zero-order chi connectivity index (χ0) is 33.9. The molecule has 3 N–H and O–H groups in total. The van der Waals surface area contributed by atoms with E-state index >= 15 is 0 Å². The molecule has 0 spiro atoms. The van der Waals surface area contributed by atoms with Gasteiger partial charge >= 0.3 is 27.7 Å². The molecule has 0 aliphatic carbocycles. The second kappa shape index (κ2) is 16.0. The van der Waals surface area contributed by atoms with Crippen LogP contribution in [-0.4, -0.2) is 120 Å². The summed E-state index contributed by atoms with van der Waals surface area (Å²) in [7, 11) is -2.27. The predicted molar refractivity (Wildman–Crippen MR) is 153 cm³/mol. The number of nitrogens with one attached hydrogen (secondary N) is 1. The number of anilines is 1. The van der Waals surface area contributed by atoms with Crippen molar-refractivity contribution in [3.05, 3.63) is 42.1 Å². The van der Waals surface area contributed by atoms with Gasteiger partial charge in [-0.2, -0.15) is 21.6 Å². The minimum atomic E-state index is -5.84. The molecule has 2 heterocycles. The van der Waals surface area contributed by atoms with Gasteiger partial charge in [0.2, 0.25) is 5.91 Å². The van der Waals surface area contributed by atoms with Gasteiger partial charge in [-0.1, -0.05) is 30.3 Å². The maximum absolute atomic E-state index is 13.3. The van der Waals surface area contributed by atoms with E-state index in [-0.39, 0.29) is 51.3 Å². The number of halogens is 3. The van der Waals surface area contributed by atoms with Gasteiger partial charge in [0.25, 0.3) is 5.91 Å². The standard InChI is InChI=1S/C25H32N6O6.CHF3O3S/c1-4-37-25(36)31-14-12-30(13-15-31)24(35)18(10-11-21(32)33)27-23(34)19-16-20(29(2)3)28-22(26-19)17-8-6-5-7-9-17;2-1(3,4)8(5,6)7/h5-9,16,18H,4,10-15H2,1-3H3,(H,27,34)(H,32,33);(H,5,6,7). The van der Waals surface area contributed by atoms with Crippen molar-refractivity contribution in [2.45, 2.75) is 31.3 Å². The van der Waals surface area contributed by atoms with E-state index in [4.69, 9.17) is 17.7 Å². The molecule has 1 fully saturated rings. The van der Waals surface area contributed by atoms with Crippen LogP contribution in [0.2, 0.25) is 0 Å². The van der Waals surface area contributed by atoms with Gasteiger partial charge in [-0.3, -0.25) is 18.9 Å². The first-order valence-electron chi connectivity index (χ1n) is 13.3. The van der Waals surface area contributed by atoms with Crippen LogP contribution in [0.15, 0.2) is 36.4 Å². The molecule has 248 valence electrons. The first-order valence-corrected chi connectivity index (χ1v) is 14.8. The van der Waals surface area contributed by atoms with Gasteiger partial charge in [0.05, 0.1) is 6.61 Å². The number of carbonyl (C=O) groups excluding carboxylic acids is 3. The maximum Gasteiger partial charge on any atom is 0.522 e. The third kappa shape index (κ3) is 11.2. The summed E-state index contributed by atoms with van der Waals surface area (Å²) in [6, 6.07) is 9.62. The van der Waals surface area contributed by atoms with Crippen molar-refractivity contribution < 1.29 is 55.2 Å². The quantitative estimate of drug-likeness (QED) is 0.261. The number of carboxylic acid groups (broad SMARTS) is 1. The lowest BCUT2D eigenvalue weighted by Crippen LogP contribution is -2.56. The van der Waals surface area contributed by atoms with Crippen LogP contribution in [0.25, 0.3) is 11.4 Å². The normalized spacial score (nSPS) is 14.0. The zero-order valence-electron chi connectivity index (χ0n) is 24.5. The summed E-state index contributed by atoms with van der Waals surface area (Å²) in [6.45, 7) is 3.02. The summed E-state index contributed by atoms with van der Waals surface area (Å²) >= 11 is 0. The van der Waals surface area contributed by atoms with Crippen LogP contribution in [0.5, 0.6) is 0 Å². The highest BCUT2D eigenvalue weighted by Gasteiger charge is 2.44. The molecule has 19 heteroatoms. The SMILES string of the molecule is CCOC(=O)N1CCN(C(=O)C(CCC(=O)O)NC(=O)c2cc(N(C)C)nc(-c3ccccc3)n2)CC1.O=S(=O)(O)C(F)(F)F. The Morgan fingerprint density at radius 2 is 1.60 bits per heavy atom. The fourth-order valence-electron chi connectivity index (χ4n) is 3.80. The molecular formula is C26H33F3N6O9S. The van der Waals surface area contributed by atoms with Crippen molar-refractivity contribution in [3.8, 4) is 11.4 Å². The van der Waals surface area contributed by atoms with E-state index < -0.39 is 45.5 Å². The second-order valence-electron chi connectivity index (χ2n) is 9.59. The summed E-state index contributed by atoms with van der Waals surface area (Å²) in [5.74, 6) is -1.26. The number of aromatic nitrogens is 2. The summed E-state index contributed by atoms with van der Waals surface area (Å²) in [5, 5.41) is 11.9. The Bertz CT molecular complexity index is 1450. The number of rotatable bonds is 9. The highest BCUT2D eigenvalue weighted by atomic mass is 32.2. The number of alkyl halides is 3. The topological polar surface area (TPSA) is 200 Å². The molecule has 3 rings (SSSR count). The lowest BCUT2D eigenvalue weighted by molar-refractivity contribution is -0.138. The van der Waals surface area contributed by atoms with E-state index in [1.165, 1.54) is 15.9 Å². The predicted octanol–water partition coefficient (Wildman–Crippen LogP) is 1.87. The van der Waals surface area contributed by atoms with Crippen LogP contribution in [0.1, 0.15) is 30.3 Å². The number of hydrogen-bond donors (Lipinski definition) is 3. The van der Waals surface area contributed by atoms with Crippen molar-refractivity contribution in [3.63, 3.8) is 0 Å². The molecule has 2 aromatic rings. The molecule has 1 aromatic heterocycles. The Balaban J connectivity index is 0.000000777. The third-order valence-electron chi connectivity index (χ3n) is 6.10. The Morgan fingerprint density at radius 3 is 2.09 bits per heavy atom. The molecular weight excluding hydrogens is 629 g/mol. The first kappa shape index (κ1) is 36.7. The van der Waals surface area contributed by atoms with E-state index in [1.54, 1.807) is 25.9 Å². The van der Waals surface area contributed by atoms with Gasteiger partial charge < -0.3 is 29.9 Å². The lowest BCUT2D eigenvalue weighted by Gasteiger charge is -2.35. The molecule has 1 saturated heterocycles. The number of carbonyl (C=O) groups is 4. The first-order chi connectivity index (χ1) is 20.9. The van der Waals surface area contributed by atoms with Crippen molar-refractivity contribution in [2.24, 2.45) is 0 Å². The Hall–Kier alpha value is -4.52. The highest BCUT2D eigenvalue weighted by molar-refractivity contribution is 7.86. The Kier molecular flexibility index (Phi) is 13.0. The van der Waals surface area contributed by atoms with E-state index in [9.17, 15) is 37.5 Å². The van der Waals surface area contributed by atoms with Crippen molar-refractivity contribution in [1.29, 1.82) is 0 Å². The average molecular weight is 663 g/mol. The molecule has 0 bridgehead atoms. The van der Waals surface area contributed by atoms with E-state index in [0.717, 1.165) is 5.56 Å². The van der Waals surface area contributed by atoms with Gasteiger partial charge in [0.15, 0.2) is 5.82 Å². The number of carboxylic acids is 1. The number of ether oxygens (including phenoxy) is 1. The van der Waals surface area contributed by atoms with Gasteiger partial charge in [-0.05, 0) is 13.3 Å². The Labute approximate surface area is 256 Å². The molecule has 3 amide bonds. The van der Waals surface area contributed by atoms with Gasteiger partial charge in [-0.25, -0.2) is 14.8 Å². The van der Waals surface area contributed by atoms with Crippen molar-refractivity contribution >= 4 is 39.8 Å². The molecule has 45 heavy (non-hydrogen) atoms. The maximum atomic E-state index is 13.3. The molecule has 15 nitrogen and oxygen atoms in total. The average Bonchev–Trinajstić information content (AvgIpc) is 2.98. The molecule has 1 aliphatic rings. The fraction of sp³-hybridized carbons (Fsp3) is 0.462. The van der Waals surface area contributed by atoms with Crippen molar-refractivity contribution in [2.75, 3.05) is 51.8 Å². The minimum absolute atomic E-state index is 0.0535. The van der Waals surface area contributed by atoms with Crippen molar-refractivity contribution in [1.82, 2.24) is 25.1 Å². The van der Waals surface area contributed by atoms with Crippen LogP contribution < -0.4 is 10.2 Å².